The number of nitrogens with one attached hydrogen (secondary N) is 1. The fraction of sp³-hybridized carbons (Fsp3) is 0.318. The number of Topliss-reactive ketones (excluding diaryl/α,β-unsaturated/α-hetero) is 1. The van der Waals surface area contributed by atoms with E-state index < -0.39 is 12.0 Å². The van der Waals surface area contributed by atoms with Crippen molar-refractivity contribution in [1.29, 1.82) is 0 Å². The zero-order chi connectivity index (χ0) is 21.2. The average Bonchev–Trinajstić information content (AvgIpc) is 2.72. The molecular weight excluding hydrogens is 388 g/mol. The lowest BCUT2D eigenvalue weighted by Gasteiger charge is -2.17. The Morgan fingerprint density at radius 2 is 1.72 bits per heavy atom. The fourth-order valence-electron chi connectivity index (χ4n) is 2.62. The highest BCUT2D eigenvalue weighted by Gasteiger charge is 2.19. The molecule has 7 heteroatoms. The Morgan fingerprint density at radius 1 is 1.07 bits per heavy atom. The molecule has 0 amide bonds. The van der Waals surface area contributed by atoms with E-state index in [1.165, 1.54) is 0 Å². The van der Waals surface area contributed by atoms with Crippen molar-refractivity contribution in [1.82, 2.24) is 5.32 Å². The second-order valence-electron chi connectivity index (χ2n) is 6.82. The Hall–Kier alpha value is -2.77. The number of ketones is 1. The molecule has 29 heavy (non-hydrogen) atoms. The van der Waals surface area contributed by atoms with Crippen molar-refractivity contribution < 1.29 is 19.4 Å². The first kappa shape index (κ1) is 22.5. The largest absolute Gasteiger partial charge is 0.480 e. The van der Waals surface area contributed by atoms with Gasteiger partial charge in [0.1, 0.15) is 6.04 Å². The number of thiocarbonyl (C=S) groups is 1. The molecule has 0 radical (unpaired) electrons. The van der Waals surface area contributed by atoms with Gasteiger partial charge in [0.15, 0.2) is 5.78 Å². The van der Waals surface area contributed by atoms with Gasteiger partial charge in [-0.1, -0.05) is 54.7 Å². The Balaban J connectivity index is 1.77. The lowest BCUT2D eigenvalue weighted by Crippen LogP contribution is -2.43. The summed E-state index contributed by atoms with van der Waals surface area (Å²) < 4.78 is 5.56. The normalized spacial score (nSPS) is 11.5. The molecule has 1 atom stereocenters. The summed E-state index contributed by atoms with van der Waals surface area (Å²) in [6, 6.07) is 15.8. The van der Waals surface area contributed by atoms with Crippen molar-refractivity contribution in [2.45, 2.75) is 25.5 Å². The highest BCUT2D eigenvalue weighted by molar-refractivity contribution is 7.80. The third-order valence-electron chi connectivity index (χ3n) is 4.31. The zero-order valence-electron chi connectivity index (χ0n) is 16.6. The van der Waals surface area contributed by atoms with Crippen LogP contribution in [-0.4, -0.2) is 48.6 Å². The number of ether oxygens (including phenoxy) is 1. The van der Waals surface area contributed by atoms with Crippen LogP contribution in [0.15, 0.2) is 54.6 Å². The predicted molar refractivity (Wildman–Crippen MR) is 118 cm³/mol. The van der Waals surface area contributed by atoms with Gasteiger partial charge in [0.05, 0.1) is 18.2 Å². The standard InChI is InChI=1S/C22H26N2O4S/c1-24(2)18-10-8-16(9-11-18)14-28-15-19(22(26)27)23-21(29)13-12-20(25)17-6-4-3-5-7-17/h3-11,19H,12-15H2,1-2H3,(H,23,29)(H,26,27)/t19-/m0/s1. The number of carboxylic acid groups (broad SMARTS) is 1. The molecule has 0 aromatic heterocycles. The van der Waals surface area contributed by atoms with E-state index in [9.17, 15) is 14.7 Å². The van der Waals surface area contributed by atoms with Crippen LogP contribution in [0.1, 0.15) is 28.8 Å². The first-order valence-electron chi connectivity index (χ1n) is 9.31. The first-order valence-corrected chi connectivity index (χ1v) is 9.72. The lowest BCUT2D eigenvalue weighted by molar-refractivity contribution is -0.140. The first-order chi connectivity index (χ1) is 13.9. The van der Waals surface area contributed by atoms with Gasteiger partial charge in [0.2, 0.25) is 0 Å². The lowest BCUT2D eigenvalue weighted by atomic mass is 10.1. The molecule has 0 saturated heterocycles. The van der Waals surface area contributed by atoms with Crippen LogP contribution in [0, 0.1) is 0 Å². The smallest absolute Gasteiger partial charge is 0.328 e. The fourth-order valence-corrected chi connectivity index (χ4v) is 2.87. The minimum Gasteiger partial charge on any atom is -0.480 e. The number of nitrogens with zero attached hydrogens (tertiary/aromatic N) is 1. The molecule has 2 rings (SSSR count). The van der Waals surface area contributed by atoms with Gasteiger partial charge in [-0.2, -0.15) is 0 Å². The molecular formula is C22H26N2O4S. The summed E-state index contributed by atoms with van der Waals surface area (Å²) in [5.74, 6) is -1.08. The molecule has 0 fully saturated rings. The summed E-state index contributed by atoms with van der Waals surface area (Å²) in [6.07, 6.45) is 0.514. The third-order valence-corrected chi connectivity index (χ3v) is 4.64. The molecule has 0 aliphatic rings. The van der Waals surface area contributed by atoms with Gasteiger partial charge in [-0.05, 0) is 17.7 Å². The third kappa shape index (κ3) is 7.63. The highest BCUT2D eigenvalue weighted by atomic mass is 32.1. The van der Waals surface area contributed by atoms with E-state index in [0.717, 1.165) is 11.3 Å². The Kier molecular flexibility index (Phi) is 8.76. The van der Waals surface area contributed by atoms with Gasteiger partial charge in [-0.3, -0.25) is 4.79 Å². The van der Waals surface area contributed by atoms with E-state index in [-0.39, 0.29) is 18.8 Å². The maximum Gasteiger partial charge on any atom is 0.328 e. The number of carbonyl (C=O) groups is 2. The van der Waals surface area contributed by atoms with Crippen LogP contribution in [0.5, 0.6) is 0 Å². The van der Waals surface area contributed by atoms with Crippen LogP contribution in [0.2, 0.25) is 0 Å². The molecule has 2 N–H and O–H groups in total. The maximum absolute atomic E-state index is 12.1. The SMILES string of the molecule is CN(C)c1ccc(COC[C@H](NC(=S)CCC(=O)c2ccccc2)C(=O)O)cc1. The molecule has 154 valence electrons. The molecule has 0 aliphatic carbocycles. The molecule has 2 aromatic rings. The number of aliphatic carboxylic acids is 1. The van der Waals surface area contributed by atoms with E-state index in [1.807, 2.05) is 49.3 Å². The number of hydrogen-bond acceptors (Lipinski definition) is 5. The quantitative estimate of drug-likeness (QED) is 0.431. The van der Waals surface area contributed by atoms with Crippen molar-refractivity contribution in [2.24, 2.45) is 0 Å². The maximum atomic E-state index is 12.1. The van der Waals surface area contributed by atoms with E-state index in [4.69, 9.17) is 17.0 Å². The van der Waals surface area contributed by atoms with Crippen LogP contribution in [0.3, 0.4) is 0 Å². The summed E-state index contributed by atoms with van der Waals surface area (Å²) in [4.78, 5) is 25.9. The highest BCUT2D eigenvalue weighted by Crippen LogP contribution is 2.13. The Labute approximate surface area is 176 Å². The number of anilines is 1. The van der Waals surface area contributed by atoms with Crippen LogP contribution >= 0.6 is 12.2 Å². The van der Waals surface area contributed by atoms with Crippen LogP contribution in [0.4, 0.5) is 5.69 Å². The zero-order valence-corrected chi connectivity index (χ0v) is 17.4. The molecule has 0 saturated carbocycles. The molecule has 2 aromatic carbocycles. The second kappa shape index (κ2) is 11.3. The number of rotatable bonds is 11. The van der Waals surface area contributed by atoms with Crippen LogP contribution < -0.4 is 10.2 Å². The summed E-state index contributed by atoms with van der Waals surface area (Å²) in [6.45, 7) is 0.274. The van der Waals surface area contributed by atoms with Gasteiger partial charge < -0.3 is 20.1 Å². The Bertz CT molecular complexity index is 822. The molecule has 0 bridgehead atoms. The van der Waals surface area contributed by atoms with Crippen molar-refractivity contribution in [3.63, 3.8) is 0 Å². The van der Waals surface area contributed by atoms with Crippen molar-refractivity contribution in [3.05, 3.63) is 65.7 Å². The molecule has 6 nitrogen and oxygen atoms in total. The summed E-state index contributed by atoms with van der Waals surface area (Å²) in [5, 5.41) is 12.2. The van der Waals surface area contributed by atoms with Crippen LogP contribution in [0.25, 0.3) is 0 Å². The van der Waals surface area contributed by atoms with E-state index >= 15 is 0 Å². The molecule has 0 spiro atoms. The topological polar surface area (TPSA) is 78.9 Å². The van der Waals surface area contributed by atoms with Crippen LogP contribution in [-0.2, 0) is 16.1 Å². The minimum atomic E-state index is -1.05. The van der Waals surface area contributed by atoms with Gasteiger partial charge in [-0.15, -0.1) is 0 Å². The molecule has 0 heterocycles. The number of benzene rings is 2. The Morgan fingerprint density at radius 3 is 2.31 bits per heavy atom. The average molecular weight is 415 g/mol. The van der Waals surface area contributed by atoms with E-state index in [2.05, 4.69) is 5.32 Å². The number of carbonyl (C=O) groups excluding carboxylic acids is 1. The summed E-state index contributed by atoms with van der Waals surface area (Å²) in [5.41, 5.74) is 2.65. The minimum absolute atomic E-state index is 0.0287. The predicted octanol–water partition coefficient (Wildman–Crippen LogP) is 3.30. The van der Waals surface area contributed by atoms with E-state index in [0.29, 0.717) is 23.6 Å². The van der Waals surface area contributed by atoms with E-state index in [1.54, 1.807) is 24.3 Å². The van der Waals surface area contributed by atoms with Gasteiger partial charge in [0, 0.05) is 38.2 Å². The number of hydrogen-bond donors (Lipinski definition) is 2. The van der Waals surface area contributed by atoms with Gasteiger partial charge >= 0.3 is 5.97 Å². The molecule has 0 aliphatic heterocycles. The van der Waals surface area contributed by atoms with Gasteiger partial charge in [0.25, 0.3) is 0 Å². The van der Waals surface area contributed by atoms with Crippen molar-refractivity contribution in [3.8, 4) is 0 Å². The van der Waals surface area contributed by atoms with Crippen molar-refractivity contribution >= 4 is 34.6 Å². The molecule has 0 unspecified atom stereocenters. The second-order valence-corrected chi connectivity index (χ2v) is 7.32. The van der Waals surface area contributed by atoms with Gasteiger partial charge in [-0.25, -0.2) is 4.79 Å². The van der Waals surface area contributed by atoms with Crippen molar-refractivity contribution in [2.75, 3.05) is 25.6 Å². The summed E-state index contributed by atoms with van der Waals surface area (Å²) in [7, 11) is 3.93. The monoisotopic (exact) mass is 414 g/mol. The number of carboxylic acids is 1. The summed E-state index contributed by atoms with van der Waals surface area (Å²) >= 11 is 5.21.